The van der Waals surface area contributed by atoms with Crippen LogP contribution >= 0.6 is 0 Å². The number of imidazole rings is 1. The van der Waals surface area contributed by atoms with Crippen molar-refractivity contribution in [1.29, 1.82) is 0 Å². The van der Waals surface area contributed by atoms with E-state index in [9.17, 15) is 0 Å². The first-order valence-electron chi connectivity index (χ1n) is 15.2. The summed E-state index contributed by atoms with van der Waals surface area (Å²) < 4.78 is 10.9. The van der Waals surface area contributed by atoms with Crippen LogP contribution in [0, 0.1) is 13.8 Å². The molecule has 5 heterocycles. The van der Waals surface area contributed by atoms with E-state index in [0.717, 1.165) is 121 Å². The van der Waals surface area contributed by atoms with Crippen molar-refractivity contribution >= 4 is 23.3 Å². The number of nitrogens with one attached hydrogen (secondary N) is 1. The van der Waals surface area contributed by atoms with Crippen LogP contribution in [0.4, 0.5) is 11.6 Å². The summed E-state index contributed by atoms with van der Waals surface area (Å²) in [6.45, 7) is 11.6. The number of hydrogen-bond acceptors (Lipinski definition) is 8. The first-order valence-corrected chi connectivity index (χ1v) is 15.2. The number of hydrogen-bond donors (Lipinski definition) is 1. The summed E-state index contributed by atoms with van der Waals surface area (Å²) in [6, 6.07) is 10.6. The largest absolute Gasteiger partial charge is 0.496 e. The van der Waals surface area contributed by atoms with Crippen molar-refractivity contribution < 1.29 is 9.47 Å². The van der Waals surface area contributed by atoms with E-state index in [1.165, 1.54) is 5.57 Å². The lowest BCUT2D eigenvalue weighted by molar-refractivity contribution is 0.122. The first-order chi connectivity index (χ1) is 20.9. The lowest BCUT2D eigenvalue weighted by atomic mass is 9.79. The Kier molecular flexibility index (Phi) is 7.13. The maximum Gasteiger partial charge on any atom is 0.139 e. The first kappa shape index (κ1) is 27.6. The third kappa shape index (κ3) is 5.16. The fourth-order valence-electron chi connectivity index (χ4n) is 6.61. The molecule has 0 unspecified atom stereocenters. The number of aryl methyl sites for hydroxylation is 2. The van der Waals surface area contributed by atoms with E-state index < -0.39 is 0 Å². The number of rotatable bonds is 6. The molecular formula is C34H39N7O2. The van der Waals surface area contributed by atoms with Gasteiger partial charge in [-0.05, 0) is 79.8 Å². The second-order valence-corrected chi connectivity index (χ2v) is 12.2. The number of nitrogens with zero attached hydrogens (tertiary/aromatic N) is 6. The zero-order valence-electron chi connectivity index (χ0n) is 25.5. The molecule has 0 radical (unpaired) electrons. The summed E-state index contributed by atoms with van der Waals surface area (Å²) in [6.07, 6.45) is 8.76. The van der Waals surface area contributed by atoms with Gasteiger partial charge in [0.2, 0.25) is 0 Å². The van der Waals surface area contributed by atoms with Gasteiger partial charge in [-0.2, -0.15) is 0 Å². The molecule has 1 aromatic carbocycles. The van der Waals surface area contributed by atoms with Crippen molar-refractivity contribution in [3.05, 3.63) is 76.8 Å². The van der Waals surface area contributed by atoms with Gasteiger partial charge >= 0.3 is 0 Å². The highest BCUT2D eigenvalue weighted by Gasteiger charge is 2.36. The molecule has 2 aliphatic heterocycles. The number of pyridine rings is 1. The molecule has 3 aliphatic rings. The summed E-state index contributed by atoms with van der Waals surface area (Å²) in [4.78, 5) is 27.7. The molecule has 9 nitrogen and oxygen atoms in total. The number of ether oxygens (including phenoxy) is 2. The van der Waals surface area contributed by atoms with Gasteiger partial charge in [0, 0.05) is 61.0 Å². The van der Waals surface area contributed by atoms with Crippen LogP contribution < -0.4 is 14.5 Å². The molecular weight excluding hydrogens is 538 g/mol. The number of allylic oxidation sites excluding steroid dienone is 1. The van der Waals surface area contributed by atoms with Crippen LogP contribution in [-0.2, 0) is 16.6 Å². The average Bonchev–Trinajstić information content (AvgIpc) is 3.66. The molecule has 0 bridgehead atoms. The van der Waals surface area contributed by atoms with Gasteiger partial charge in [0.1, 0.15) is 29.5 Å². The van der Waals surface area contributed by atoms with Crippen LogP contribution in [-0.4, -0.2) is 71.4 Å². The normalized spacial score (nSPS) is 18.0. The Bertz CT molecular complexity index is 1660. The Morgan fingerprint density at radius 1 is 0.930 bits per heavy atom. The van der Waals surface area contributed by atoms with Gasteiger partial charge in [0.05, 0.1) is 31.7 Å². The van der Waals surface area contributed by atoms with E-state index in [1.54, 1.807) is 13.4 Å². The minimum atomic E-state index is -0.0356. The van der Waals surface area contributed by atoms with Crippen LogP contribution in [0.15, 0.2) is 42.9 Å². The summed E-state index contributed by atoms with van der Waals surface area (Å²) in [7, 11) is 1.71. The Hall–Kier alpha value is -4.24. The Morgan fingerprint density at radius 2 is 1.72 bits per heavy atom. The molecule has 9 heteroatoms. The van der Waals surface area contributed by atoms with E-state index in [2.05, 4.69) is 70.9 Å². The standard InChI is InChI=1S/C34H39N7O2/c1-22-17-24(5-7-29(22)42-4)31-23(2)38-33(39-31)34(3)9-11-41(12-10-34)32-27-18-26(19-28(27)36-21-37-32)25-6-8-30(35-20-25)40-13-15-43-16-14-40/h5-8,17-18,20-21H,9-16,19H2,1-4H3,(H,38,39). The van der Waals surface area contributed by atoms with Crippen LogP contribution in [0.25, 0.3) is 22.9 Å². The molecule has 0 spiro atoms. The zero-order valence-corrected chi connectivity index (χ0v) is 25.5. The Labute approximate surface area is 253 Å². The molecule has 43 heavy (non-hydrogen) atoms. The lowest BCUT2D eigenvalue weighted by Crippen LogP contribution is -2.42. The van der Waals surface area contributed by atoms with E-state index in [4.69, 9.17) is 24.4 Å². The van der Waals surface area contributed by atoms with Crippen molar-refractivity contribution in [3.8, 4) is 17.0 Å². The predicted octanol–water partition coefficient (Wildman–Crippen LogP) is 5.38. The fourth-order valence-corrected chi connectivity index (χ4v) is 6.61. The molecule has 0 atom stereocenters. The van der Waals surface area contributed by atoms with Crippen molar-refractivity contribution in [3.63, 3.8) is 0 Å². The van der Waals surface area contributed by atoms with E-state index >= 15 is 0 Å². The predicted molar refractivity (Wildman–Crippen MR) is 170 cm³/mol. The van der Waals surface area contributed by atoms with Crippen LogP contribution in [0.2, 0.25) is 0 Å². The second-order valence-electron chi connectivity index (χ2n) is 12.2. The van der Waals surface area contributed by atoms with Gasteiger partial charge in [0.25, 0.3) is 0 Å². The minimum Gasteiger partial charge on any atom is -0.496 e. The van der Waals surface area contributed by atoms with Crippen LogP contribution in [0.1, 0.15) is 53.7 Å². The molecule has 0 amide bonds. The molecule has 7 rings (SSSR count). The van der Waals surface area contributed by atoms with Gasteiger partial charge in [0.15, 0.2) is 0 Å². The summed E-state index contributed by atoms with van der Waals surface area (Å²) >= 11 is 0. The van der Waals surface area contributed by atoms with E-state index in [-0.39, 0.29) is 5.41 Å². The third-order valence-corrected chi connectivity index (χ3v) is 9.37. The maximum atomic E-state index is 5.49. The molecule has 0 saturated carbocycles. The Morgan fingerprint density at radius 3 is 2.44 bits per heavy atom. The average molecular weight is 578 g/mol. The van der Waals surface area contributed by atoms with Gasteiger partial charge in [-0.3, -0.25) is 0 Å². The number of H-pyrrole nitrogens is 1. The van der Waals surface area contributed by atoms with Crippen molar-refractivity contribution in [2.24, 2.45) is 0 Å². The minimum absolute atomic E-state index is 0.0356. The monoisotopic (exact) mass is 577 g/mol. The van der Waals surface area contributed by atoms with Gasteiger partial charge < -0.3 is 24.3 Å². The number of aromatic nitrogens is 5. The Balaban J connectivity index is 1.07. The summed E-state index contributed by atoms with van der Waals surface area (Å²) in [5.41, 5.74) is 8.92. The third-order valence-electron chi connectivity index (χ3n) is 9.37. The van der Waals surface area contributed by atoms with E-state index in [1.807, 2.05) is 12.3 Å². The topological polar surface area (TPSA) is 92.3 Å². The zero-order chi connectivity index (χ0) is 29.6. The molecule has 1 aliphatic carbocycles. The highest BCUT2D eigenvalue weighted by atomic mass is 16.5. The van der Waals surface area contributed by atoms with Crippen LogP contribution in [0.5, 0.6) is 5.75 Å². The van der Waals surface area contributed by atoms with Gasteiger partial charge in [-0.1, -0.05) is 6.92 Å². The van der Waals surface area contributed by atoms with Gasteiger partial charge in [-0.25, -0.2) is 19.9 Å². The number of piperidine rings is 1. The number of anilines is 2. The van der Waals surface area contributed by atoms with Crippen LogP contribution in [0.3, 0.4) is 0 Å². The molecule has 4 aromatic rings. The number of fused-ring (bicyclic) bond motifs is 1. The summed E-state index contributed by atoms with van der Waals surface area (Å²) in [5.74, 6) is 4.01. The van der Waals surface area contributed by atoms with E-state index in [0.29, 0.717) is 0 Å². The highest BCUT2D eigenvalue weighted by Crippen LogP contribution is 2.40. The second kappa shape index (κ2) is 11.1. The highest BCUT2D eigenvalue weighted by molar-refractivity contribution is 5.91. The summed E-state index contributed by atoms with van der Waals surface area (Å²) in [5, 5.41) is 0. The quantitative estimate of drug-likeness (QED) is 0.327. The van der Waals surface area contributed by atoms with Crippen molar-refractivity contribution in [2.75, 3.05) is 56.3 Å². The van der Waals surface area contributed by atoms with Crippen molar-refractivity contribution in [2.45, 2.75) is 45.4 Å². The lowest BCUT2D eigenvalue weighted by Gasteiger charge is -2.39. The number of methoxy groups -OCH3 is 1. The molecule has 2 fully saturated rings. The molecule has 222 valence electrons. The smallest absolute Gasteiger partial charge is 0.139 e. The molecule has 2 saturated heterocycles. The number of aromatic amines is 1. The SMILES string of the molecule is COc1ccc(-c2nc(C3(C)CCN(c4ncnc5c4C=C(c4ccc(N6CCOCC6)nc4)C5)CC3)[nH]c2C)cc1C. The van der Waals surface area contributed by atoms with Crippen molar-refractivity contribution in [1.82, 2.24) is 24.9 Å². The number of morpholine rings is 1. The molecule has 3 aromatic heterocycles. The van der Waals surface area contributed by atoms with Gasteiger partial charge in [-0.15, -0.1) is 0 Å². The fraction of sp³-hybridized carbons (Fsp3) is 0.412. The number of benzene rings is 1. The molecule has 1 N–H and O–H groups in total. The maximum absolute atomic E-state index is 5.49.